The van der Waals surface area contributed by atoms with Crippen LogP contribution >= 0.6 is 15.9 Å². The quantitative estimate of drug-likeness (QED) is 0.759. The molecule has 3 heteroatoms. The van der Waals surface area contributed by atoms with Crippen molar-refractivity contribution in [2.45, 2.75) is 20.8 Å². The SMILES string of the molecule is CCOc1ccccc1C(=O)c1cc(C)c(Br)cc1C. The first-order chi connectivity index (χ1) is 9.54. The molecule has 0 aliphatic heterocycles. The zero-order valence-electron chi connectivity index (χ0n) is 11.9. The number of hydrogen-bond donors (Lipinski definition) is 0. The Morgan fingerprint density at radius 3 is 2.50 bits per heavy atom. The van der Waals surface area contributed by atoms with E-state index < -0.39 is 0 Å². The van der Waals surface area contributed by atoms with E-state index in [9.17, 15) is 4.79 Å². The van der Waals surface area contributed by atoms with Crippen LogP contribution < -0.4 is 4.74 Å². The molecule has 2 aromatic carbocycles. The number of aryl methyl sites for hydroxylation is 2. The highest BCUT2D eigenvalue weighted by atomic mass is 79.9. The summed E-state index contributed by atoms with van der Waals surface area (Å²) >= 11 is 3.49. The molecule has 2 nitrogen and oxygen atoms in total. The van der Waals surface area contributed by atoms with Gasteiger partial charge in [0.05, 0.1) is 12.2 Å². The highest BCUT2D eigenvalue weighted by Gasteiger charge is 2.17. The van der Waals surface area contributed by atoms with Crippen LogP contribution in [0.15, 0.2) is 40.9 Å². The van der Waals surface area contributed by atoms with Crippen molar-refractivity contribution in [3.05, 3.63) is 63.1 Å². The normalized spacial score (nSPS) is 10.4. The topological polar surface area (TPSA) is 26.3 Å². The molecule has 0 amide bonds. The average Bonchev–Trinajstić information content (AvgIpc) is 2.43. The van der Waals surface area contributed by atoms with E-state index >= 15 is 0 Å². The highest BCUT2D eigenvalue weighted by molar-refractivity contribution is 9.10. The molecule has 2 rings (SSSR count). The molecule has 2 aromatic rings. The third-order valence-corrected chi connectivity index (χ3v) is 4.04. The smallest absolute Gasteiger partial charge is 0.197 e. The number of benzene rings is 2. The molecule has 104 valence electrons. The van der Waals surface area contributed by atoms with Gasteiger partial charge in [-0.05, 0) is 56.2 Å². The molecular formula is C17H17BrO2. The van der Waals surface area contributed by atoms with E-state index in [1.807, 2.05) is 57.2 Å². The minimum Gasteiger partial charge on any atom is -0.493 e. The summed E-state index contributed by atoms with van der Waals surface area (Å²) in [6, 6.07) is 11.3. The molecule has 0 saturated heterocycles. The third-order valence-electron chi connectivity index (χ3n) is 3.18. The largest absolute Gasteiger partial charge is 0.493 e. The van der Waals surface area contributed by atoms with Crippen molar-refractivity contribution < 1.29 is 9.53 Å². The Hall–Kier alpha value is -1.61. The van der Waals surface area contributed by atoms with Crippen molar-refractivity contribution in [2.75, 3.05) is 6.61 Å². The van der Waals surface area contributed by atoms with Gasteiger partial charge in [0.25, 0.3) is 0 Å². The van der Waals surface area contributed by atoms with Gasteiger partial charge in [0, 0.05) is 10.0 Å². The minimum absolute atomic E-state index is 0.00199. The lowest BCUT2D eigenvalue weighted by Gasteiger charge is -2.12. The van der Waals surface area contributed by atoms with Crippen LogP contribution in [-0.2, 0) is 0 Å². The summed E-state index contributed by atoms with van der Waals surface area (Å²) < 4.78 is 6.56. The molecule has 0 spiro atoms. The van der Waals surface area contributed by atoms with Gasteiger partial charge in [-0.1, -0.05) is 28.1 Å². The van der Waals surface area contributed by atoms with Crippen molar-refractivity contribution in [2.24, 2.45) is 0 Å². The van der Waals surface area contributed by atoms with E-state index in [4.69, 9.17) is 4.74 Å². The fourth-order valence-corrected chi connectivity index (χ4v) is 2.56. The molecule has 0 aliphatic rings. The summed E-state index contributed by atoms with van der Waals surface area (Å²) in [6.07, 6.45) is 0. The molecule has 0 aromatic heterocycles. The van der Waals surface area contributed by atoms with E-state index in [1.165, 1.54) is 0 Å². The van der Waals surface area contributed by atoms with Gasteiger partial charge in [-0.2, -0.15) is 0 Å². The Kier molecular flexibility index (Phi) is 4.61. The van der Waals surface area contributed by atoms with Crippen LogP contribution in [0.4, 0.5) is 0 Å². The summed E-state index contributed by atoms with van der Waals surface area (Å²) in [7, 11) is 0. The molecule has 0 N–H and O–H groups in total. The minimum atomic E-state index is 0.00199. The Morgan fingerprint density at radius 2 is 1.80 bits per heavy atom. The van der Waals surface area contributed by atoms with Crippen LogP contribution in [-0.4, -0.2) is 12.4 Å². The summed E-state index contributed by atoms with van der Waals surface area (Å²) in [6.45, 7) is 6.38. The zero-order valence-corrected chi connectivity index (χ0v) is 13.5. The number of ether oxygens (including phenoxy) is 1. The second kappa shape index (κ2) is 6.23. The molecule has 0 unspecified atom stereocenters. The maximum atomic E-state index is 12.7. The standard InChI is InChI=1S/C17H17BrO2/c1-4-20-16-8-6-5-7-13(16)17(19)14-9-12(3)15(18)10-11(14)2/h5-10H,4H2,1-3H3. The van der Waals surface area contributed by atoms with Crippen LogP contribution in [0.5, 0.6) is 5.75 Å². The Balaban J connectivity index is 2.49. The lowest BCUT2D eigenvalue weighted by atomic mass is 9.97. The van der Waals surface area contributed by atoms with Crippen LogP contribution in [0.2, 0.25) is 0 Å². The lowest BCUT2D eigenvalue weighted by Crippen LogP contribution is -2.07. The van der Waals surface area contributed by atoms with Gasteiger partial charge < -0.3 is 4.74 Å². The van der Waals surface area contributed by atoms with E-state index in [0.29, 0.717) is 17.9 Å². The Morgan fingerprint density at radius 1 is 1.10 bits per heavy atom. The first-order valence-corrected chi connectivity index (χ1v) is 7.37. The maximum absolute atomic E-state index is 12.7. The van der Waals surface area contributed by atoms with Gasteiger partial charge in [-0.25, -0.2) is 0 Å². The second-order valence-corrected chi connectivity index (χ2v) is 5.53. The van der Waals surface area contributed by atoms with E-state index in [-0.39, 0.29) is 5.78 Å². The number of ketones is 1. The molecule has 0 heterocycles. The molecule has 0 atom stereocenters. The second-order valence-electron chi connectivity index (χ2n) is 4.67. The lowest BCUT2D eigenvalue weighted by molar-refractivity contribution is 0.103. The molecule has 20 heavy (non-hydrogen) atoms. The summed E-state index contributed by atoms with van der Waals surface area (Å²) in [5.41, 5.74) is 3.34. The van der Waals surface area contributed by atoms with Gasteiger partial charge in [0.15, 0.2) is 5.78 Å². The number of halogens is 1. The maximum Gasteiger partial charge on any atom is 0.197 e. The molecule has 0 fully saturated rings. The van der Waals surface area contributed by atoms with E-state index in [2.05, 4.69) is 15.9 Å². The number of carbonyl (C=O) groups is 1. The Labute approximate surface area is 127 Å². The average molecular weight is 333 g/mol. The fraction of sp³-hybridized carbons (Fsp3) is 0.235. The fourth-order valence-electron chi connectivity index (χ4n) is 2.11. The summed E-state index contributed by atoms with van der Waals surface area (Å²) in [5.74, 6) is 0.641. The predicted molar refractivity (Wildman–Crippen MR) is 84.7 cm³/mol. The molecular weight excluding hydrogens is 316 g/mol. The molecule has 0 radical (unpaired) electrons. The van der Waals surface area contributed by atoms with Gasteiger partial charge in [0.2, 0.25) is 0 Å². The van der Waals surface area contributed by atoms with Crippen LogP contribution in [0.3, 0.4) is 0 Å². The first kappa shape index (κ1) is 14.8. The van der Waals surface area contributed by atoms with Crippen molar-refractivity contribution in [3.8, 4) is 5.75 Å². The van der Waals surface area contributed by atoms with E-state index in [0.717, 1.165) is 21.2 Å². The van der Waals surface area contributed by atoms with Gasteiger partial charge in [-0.3, -0.25) is 4.79 Å². The zero-order chi connectivity index (χ0) is 14.7. The van der Waals surface area contributed by atoms with Crippen molar-refractivity contribution >= 4 is 21.7 Å². The summed E-state index contributed by atoms with van der Waals surface area (Å²) in [4.78, 5) is 12.7. The van der Waals surface area contributed by atoms with Crippen molar-refractivity contribution in [1.29, 1.82) is 0 Å². The van der Waals surface area contributed by atoms with Crippen molar-refractivity contribution in [3.63, 3.8) is 0 Å². The van der Waals surface area contributed by atoms with Gasteiger partial charge in [0.1, 0.15) is 5.75 Å². The summed E-state index contributed by atoms with van der Waals surface area (Å²) in [5, 5.41) is 0. The van der Waals surface area contributed by atoms with Crippen LogP contribution in [0.25, 0.3) is 0 Å². The van der Waals surface area contributed by atoms with Gasteiger partial charge >= 0.3 is 0 Å². The van der Waals surface area contributed by atoms with Gasteiger partial charge in [-0.15, -0.1) is 0 Å². The molecule has 0 saturated carbocycles. The first-order valence-electron chi connectivity index (χ1n) is 6.58. The highest BCUT2D eigenvalue weighted by Crippen LogP contribution is 2.26. The molecule has 0 bridgehead atoms. The number of hydrogen-bond acceptors (Lipinski definition) is 2. The van der Waals surface area contributed by atoms with Crippen LogP contribution in [0, 0.1) is 13.8 Å². The molecule has 0 aliphatic carbocycles. The predicted octanol–water partition coefficient (Wildman–Crippen LogP) is 4.70. The van der Waals surface area contributed by atoms with Crippen LogP contribution in [0.1, 0.15) is 34.0 Å². The monoisotopic (exact) mass is 332 g/mol. The van der Waals surface area contributed by atoms with Crippen molar-refractivity contribution in [1.82, 2.24) is 0 Å². The Bertz CT molecular complexity index is 647. The number of carbonyl (C=O) groups excluding carboxylic acids is 1. The third kappa shape index (κ3) is 2.93. The number of rotatable bonds is 4. The number of para-hydroxylation sites is 1. The van der Waals surface area contributed by atoms with E-state index in [1.54, 1.807) is 0 Å².